The van der Waals surface area contributed by atoms with Crippen molar-refractivity contribution in [2.24, 2.45) is 0 Å². The first-order valence-electron chi connectivity index (χ1n) is 9.26. The van der Waals surface area contributed by atoms with Gasteiger partial charge < -0.3 is 16.0 Å². The molecule has 2 aromatic rings. The third-order valence-corrected chi connectivity index (χ3v) is 6.86. The lowest BCUT2D eigenvalue weighted by Gasteiger charge is -2.28. The molecule has 5 nitrogen and oxygen atoms in total. The van der Waals surface area contributed by atoms with Gasteiger partial charge in [0.25, 0.3) is 5.91 Å². The molecule has 0 aliphatic heterocycles. The number of nitriles is 1. The van der Waals surface area contributed by atoms with Crippen LogP contribution in [-0.4, -0.2) is 21.0 Å². The Hall–Kier alpha value is -1.56. The molecule has 3 rings (SSSR count). The predicted molar refractivity (Wildman–Crippen MR) is 128 cm³/mol. The number of nitrogens with zero attached hydrogens (tertiary/aromatic N) is 1. The maximum absolute atomic E-state index is 12.7. The van der Waals surface area contributed by atoms with Crippen LogP contribution in [0.1, 0.15) is 44.8 Å². The second kappa shape index (κ2) is 9.71. The molecule has 1 aromatic heterocycles. The summed E-state index contributed by atoms with van der Waals surface area (Å²) in [7, 11) is 0. The number of halogens is 3. The van der Waals surface area contributed by atoms with Crippen molar-refractivity contribution in [1.29, 1.82) is 5.26 Å². The fraction of sp³-hybridized carbons (Fsp3) is 0.350. The predicted octanol–water partition coefficient (Wildman–Crippen LogP) is 5.22. The Labute approximate surface area is 199 Å². The first-order valence-corrected chi connectivity index (χ1v) is 11.6. The summed E-state index contributed by atoms with van der Waals surface area (Å²) < 4.78 is -1.86. The summed E-state index contributed by atoms with van der Waals surface area (Å²) in [6.45, 7) is 1.82. The van der Waals surface area contributed by atoms with Crippen molar-refractivity contribution in [3.8, 4) is 6.07 Å². The van der Waals surface area contributed by atoms with Crippen molar-refractivity contribution < 1.29 is 4.79 Å². The van der Waals surface area contributed by atoms with E-state index in [2.05, 4.69) is 22.0 Å². The van der Waals surface area contributed by atoms with E-state index in [0.717, 1.165) is 36.8 Å². The van der Waals surface area contributed by atoms with E-state index in [1.165, 1.54) is 16.2 Å². The largest absolute Gasteiger partial charge is 0.339 e. The molecule has 1 aliphatic rings. The number of nitrogens with one attached hydrogen (secondary N) is 3. The lowest BCUT2D eigenvalue weighted by atomic mass is 9.96. The molecule has 0 spiro atoms. The number of hydrogen-bond acceptors (Lipinski definition) is 4. The van der Waals surface area contributed by atoms with E-state index in [1.54, 1.807) is 12.1 Å². The maximum Gasteiger partial charge on any atom is 0.253 e. The number of aryl methyl sites for hydroxylation is 2. The fourth-order valence-corrected chi connectivity index (χ4v) is 5.13. The maximum atomic E-state index is 12.7. The molecule has 1 amide bonds. The fourth-order valence-electron chi connectivity index (χ4n) is 3.28. The summed E-state index contributed by atoms with van der Waals surface area (Å²) >= 11 is 25.1. The minimum absolute atomic E-state index is 0.145. The second-order valence-electron chi connectivity index (χ2n) is 6.89. The highest BCUT2D eigenvalue weighted by molar-refractivity contribution is 7.80. The Balaban J connectivity index is 1.74. The zero-order valence-corrected chi connectivity index (χ0v) is 19.9. The van der Waals surface area contributed by atoms with E-state index in [9.17, 15) is 10.1 Å². The molecule has 1 atom stereocenters. The Morgan fingerprint density at radius 1 is 1.23 bits per heavy atom. The zero-order valence-electron chi connectivity index (χ0n) is 16.0. The third-order valence-electron chi connectivity index (χ3n) is 4.78. The Morgan fingerprint density at radius 2 is 1.93 bits per heavy atom. The van der Waals surface area contributed by atoms with Crippen LogP contribution in [0.15, 0.2) is 24.3 Å². The lowest BCUT2D eigenvalue weighted by Crippen LogP contribution is -2.56. The van der Waals surface area contributed by atoms with Crippen LogP contribution in [0.5, 0.6) is 0 Å². The van der Waals surface area contributed by atoms with E-state index in [1.807, 2.05) is 19.1 Å². The minimum atomic E-state index is -1.86. The molecule has 30 heavy (non-hydrogen) atoms. The molecule has 1 aliphatic carbocycles. The zero-order chi connectivity index (χ0) is 21.9. The van der Waals surface area contributed by atoms with E-state index in [4.69, 9.17) is 47.0 Å². The van der Waals surface area contributed by atoms with Crippen molar-refractivity contribution >= 4 is 74.4 Å². The first-order chi connectivity index (χ1) is 14.2. The number of benzene rings is 1. The van der Waals surface area contributed by atoms with E-state index in [-0.39, 0.29) is 5.11 Å². The van der Waals surface area contributed by atoms with Crippen LogP contribution in [0.2, 0.25) is 0 Å². The molecule has 0 saturated heterocycles. The third kappa shape index (κ3) is 5.37. The molecular formula is C20H19Cl3N4OS2. The topological polar surface area (TPSA) is 77.0 Å². The Morgan fingerprint density at radius 3 is 2.60 bits per heavy atom. The molecule has 3 N–H and O–H groups in total. The molecule has 1 aromatic carbocycles. The van der Waals surface area contributed by atoms with Crippen molar-refractivity contribution in [3.05, 3.63) is 51.4 Å². The number of hydrogen-bond donors (Lipinski definition) is 3. The SMILES string of the molecule is Cc1ccccc1C(=O)NC(NC(=S)Nc1sc2c(c1C#N)CCCC2)C(Cl)(Cl)Cl. The molecule has 0 saturated carbocycles. The number of thiophene rings is 1. The van der Waals surface area contributed by atoms with E-state index in [0.29, 0.717) is 16.1 Å². The number of carbonyl (C=O) groups is 1. The monoisotopic (exact) mass is 500 g/mol. The van der Waals surface area contributed by atoms with Gasteiger partial charge in [-0.15, -0.1) is 11.3 Å². The summed E-state index contributed by atoms with van der Waals surface area (Å²) in [5.41, 5.74) is 2.95. The number of fused-ring (bicyclic) bond motifs is 1. The van der Waals surface area contributed by atoms with Crippen LogP contribution < -0.4 is 16.0 Å². The summed E-state index contributed by atoms with van der Waals surface area (Å²) in [6, 6.07) is 9.37. The van der Waals surface area contributed by atoms with Gasteiger partial charge in [-0.05, 0) is 62.0 Å². The number of rotatable bonds is 4. The van der Waals surface area contributed by atoms with E-state index < -0.39 is 15.9 Å². The number of amides is 1. The quantitative estimate of drug-likeness (QED) is 0.304. The summed E-state index contributed by atoms with van der Waals surface area (Å²) in [6.07, 6.45) is 2.94. The van der Waals surface area contributed by atoms with Crippen LogP contribution in [0, 0.1) is 18.3 Å². The van der Waals surface area contributed by atoms with E-state index >= 15 is 0 Å². The van der Waals surface area contributed by atoms with Crippen molar-refractivity contribution in [2.75, 3.05) is 5.32 Å². The van der Waals surface area contributed by atoms with Crippen LogP contribution in [0.3, 0.4) is 0 Å². The number of carbonyl (C=O) groups excluding carboxylic acids is 1. The highest BCUT2D eigenvalue weighted by atomic mass is 35.6. The Kier molecular flexibility index (Phi) is 7.48. The van der Waals surface area contributed by atoms with Crippen molar-refractivity contribution in [1.82, 2.24) is 10.6 Å². The molecule has 1 heterocycles. The first kappa shape index (κ1) is 23.1. The molecule has 158 valence electrons. The Bertz CT molecular complexity index is 1010. The molecule has 10 heteroatoms. The summed E-state index contributed by atoms with van der Waals surface area (Å²) in [4.78, 5) is 13.9. The van der Waals surface area contributed by atoms with Gasteiger partial charge >= 0.3 is 0 Å². The lowest BCUT2D eigenvalue weighted by molar-refractivity contribution is 0.0934. The van der Waals surface area contributed by atoms with Crippen molar-refractivity contribution in [3.63, 3.8) is 0 Å². The smallest absolute Gasteiger partial charge is 0.253 e. The van der Waals surface area contributed by atoms with Crippen LogP contribution in [0.4, 0.5) is 5.00 Å². The molecule has 0 radical (unpaired) electrons. The average molecular weight is 502 g/mol. The van der Waals surface area contributed by atoms with Gasteiger partial charge in [-0.1, -0.05) is 53.0 Å². The van der Waals surface area contributed by atoms with Gasteiger partial charge in [0, 0.05) is 10.4 Å². The van der Waals surface area contributed by atoms with Crippen LogP contribution >= 0.6 is 58.4 Å². The average Bonchev–Trinajstić information content (AvgIpc) is 3.03. The van der Waals surface area contributed by atoms with Crippen molar-refractivity contribution in [2.45, 2.75) is 42.6 Å². The number of alkyl halides is 3. The molecular weight excluding hydrogens is 483 g/mol. The highest BCUT2D eigenvalue weighted by Crippen LogP contribution is 2.37. The highest BCUT2D eigenvalue weighted by Gasteiger charge is 2.35. The number of anilines is 1. The summed E-state index contributed by atoms with van der Waals surface area (Å²) in [5.74, 6) is -0.399. The van der Waals surface area contributed by atoms with Crippen LogP contribution in [-0.2, 0) is 12.8 Å². The normalized spacial score (nSPS) is 14.2. The van der Waals surface area contributed by atoms with Gasteiger partial charge in [0.2, 0.25) is 3.79 Å². The van der Waals surface area contributed by atoms with Gasteiger partial charge in [-0.2, -0.15) is 5.26 Å². The molecule has 1 unspecified atom stereocenters. The summed E-state index contributed by atoms with van der Waals surface area (Å²) in [5, 5.41) is 19.0. The van der Waals surface area contributed by atoms with Gasteiger partial charge in [-0.25, -0.2) is 0 Å². The molecule has 0 fully saturated rings. The van der Waals surface area contributed by atoms with Gasteiger partial charge in [0.1, 0.15) is 17.2 Å². The minimum Gasteiger partial charge on any atom is -0.339 e. The van der Waals surface area contributed by atoms with Crippen LogP contribution in [0.25, 0.3) is 0 Å². The molecule has 0 bridgehead atoms. The second-order valence-corrected chi connectivity index (χ2v) is 10.8. The van der Waals surface area contributed by atoms with Gasteiger partial charge in [0.05, 0.1) is 5.56 Å². The standard InChI is InChI=1S/C20H19Cl3N4OS2/c1-11-6-2-3-7-12(11)16(28)25-18(20(21,22)23)27-19(29)26-17-14(10-24)13-8-4-5-9-15(13)30-17/h2-3,6-7,18H,4-5,8-9H2,1H3,(H,25,28)(H2,26,27,29). The van der Waals surface area contributed by atoms with Gasteiger partial charge in [0.15, 0.2) is 5.11 Å². The number of thiocarbonyl (C=S) groups is 1. The van der Waals surface area contributed by atoms with Gasteiger partial charge in [-0.3, -0.25) is 4.79 Å².